The molecule has 4 heteroatoms. The van der Waals surface area contributed by atoms with Crippen molar-refractivity contribution < 1.29 is 4.74 Å². The first-order valence-corrected chi connectivity index (χ1v) is 4.12. The van der Waals surface area contributed by atoms with Gasteiger partial charge in [0.1, 0.15) is 11.6 Å². The van der Waals surface area contributed by atoms with E-state index in [9.17, 15) is 0 Å². The van der Waals surface area contributed by atoms with E-state index >= 15 is 0 Å². The number of nitrogens with two attached hydrogens (primary N) is 1. The van der Waals surface area contributed by atoms with E-state index in [1.807, 2.05) is 0 Å². The van der Waals surface area contributed by atoms with Gasteiger partial charge in [-0.25, -0.2) is 0 Å². The Kier molecular flexibility index (Phi) is 2.70. The molecule has 1 aromatic carbocycles. The highest BCUT2D eigenvalue weighted by Crippen LogP contribution is 2.25. The van der Waals surface area contributed by atoms with E-state index < -0.39 is 0 Å². The summed E-state index contributed by atoms with van der Waals surface area (Å²) < 4.78 is 5.82. The second kappa shape index (κ2) is 3.58. The number of rotatable bonds is 2. The molecule has 0 heterocycles. The smallest absolute Gasteiger partial charge is 0.133 e. The van der Waals surface area contributed by atoms with E-state index in [1.54, 1.807) is 25.3 Å². The van der Waals surface area contributed by atoms with Crippen LogP contribution in [0.1, 0.15) is 5.56 Å². The number of hydrogen-bond acceptors (Lipinski definition) is 2. The lowest BCUT2D eigenvalue weighted by atomic mass is 10.2. The zero-order chi connectivity index (χ0) is 9.14. The number of halogens is 1. The second-order valence-corrected chi connectivity index (χ2v) is 3.12. The maximum Gasteiger partial charge on any atom is 0.133 e. The topological polar surface area (TPSA) is 59.1 Å². The number of nitrogens with one attached hydrogen (secondary N) is 1. The van der Waals surface area contributed by atoms with Crippen molar-refractivity contribution in [3.8, 4) is 5.75 Å². The lowest BCUT2D eigenvalue weighted by Gasteiger charge is -2.04. The molecule has 0 aromatic heterocycles. The van der Waals surface area contributed by atoms with E-state index in [0.717, 1.165) is 10.2 Å². The largest absolute Gasteiger partial charge is 0.496 e. The van der Waals surface area contributed by atoms with Crippen LogP contribution < -0.4 is 10.5 Å². The van der Waals surface area contributed by atoms with Gasteiger partial charge < -0.3 is 10.5 Å². The molecule has 0 atom stereocenters. The van der Waals surface area contributed by atoms with Crippen molar-refractivity contribution in [1.29, 1.82) is 5.41 Å². The van der Waals surface area contributed by atoms with Crippen molar-refractivity contribution in [2.45, 2.75) is 0 Å². The van der Waals surface area contributed by atoms with Crippen LogP contribution in [0.2, 0.25) is 0 Å². The predicted octanol–water partition coefficient (Wildman–Crippen LogP) is 1.74. The van der Waals surface area contributed by atoms with Gasteiger partial charge in [0.2, 0.25) is 0 Å². The van der Waals surface area contributed by atoms with E-state index in [2.05, 4.69) is 15.9 Å². The van der Waals surface area contributed by atoms with Crippen molar-refractivity contribution in [1.82, 2.24) is 0 Å². The molecule has 0 saturated carbocycles. The standard InChI is InChI=1S/C8H9BrN2O/c1-12-7-3-2-5(8(10)11)4-6(7)9/h2-4H,1H3,(H3,10,11). The van der Waals surface area contributed by atoms with E-state index in [0.29, 0.717) is 5.56 Å². The predicted molar refractivity (Wildman–Crippen MR) is 51.7 cm³/mol. The molecule has 0 unspecified atom stereocenters. The summed E-state index contributed by atoms with van der Waals surface area (Å²) in [5.74, 6) is 0.790. The first-order chi connectivity index (χ1) is 5.65. The number of methoxy groups -OCH3 is 1. The molecule has 0 radical (unpaired) electrons. The van der Waals surface area contributed by atoms with Crippen LogP contribution in [-0.2, 0) is 0 Å². The average molecular weight is 229 g/mol. The number of ether oxygens (including phenoxy) is 1. The minimum Gasteiger partial charge on any atom is -0.496 e. The Morgan fingerprint density at radius 3 is 2.67 bits per heavy atom. The second-order valence-electron chi connectivity index (χ2n) is 2.26. The highest BCUT2D eigenvalue weighted by atomic mass is 79.9. The minimum atomic E-state index is 0.0540. The quantitative estimate of drug-likeness (QED) is 0.599. The number of hydrogen-bond donors (Lipinski definition) is 2. The molecule has 0 fully saturated rings. The van der Waals surface area contributed by atoms with Crippen LogP contribution in [0.5, 0.6) is 5.75 Å². The van der Waals surface area contributed by atoms with Crippen LogP contribution >= 0.6 is 15.9 Å². The maximum absolute atomic E-state index is 7.18. The molecule has 3 N–H and O–H groups in total. The molecule has 0 bridgehead atoms. The van der Waals surface area contributed by atoms with Crippen LogP contribution in [0.4, 0.5) is 0 Å². The third-order valence-corrected chi connectivity index (χ3v) is 2.08. The van der Waals surface area contributed by atoms with Crippen molar-refractivity contribution in [3.05, 3.63) is 28.2 Å². The first kappa shape index (κ1) is 9.06. The van der Waals surface area contributed by atoms with Gasteiger partial charge in [0.15, 0.2) is 0 Å². The lowest BCUT2D eigenvalue weighted by Crippen LogP contribution is -2.10. The summed E-state index contributed by atoms with van der Waals surface area (Å²) in [5.41, 5.74) is 5.98. The molecule has 12 heavy (non-hydrogen) atoms. The van der Waals surface area contributed by atoms with E-state index in [4.69, 9.17) is 15.9 Å². The van der Waals surface area contributed by atoms with Gasteiger partial charge in [0.05, 0.1) is 11.6 Å². The molecule has 1 rings (SSSR count). The normalized spacial score (nSPS) is 9.50. The summed E-state index contributed by atoms with van der Waals surface area (Å²) in [5, 5.41) is 7.18. The fourth-order valence-corrected chi connectivity index (χ4v) is 1.37. The Morgan fingerprint density at radius 1 is 1.58 bits per heavy atom. The average Bonchev–Trinajstić information content (AvgIpc) is 2.04. The first-order valence-electron chi connectivity index (χ1n) is 3.33. The summed E-state index contributed by atoms with van der Waals surface area (Å²) >= 11 is 3.30. The fraction of sp³-hybridized carbons (Fsp3) is 0.125. The zero-order valence-corrected chi connectivity index (χ0v) is 8.18. The van der Waals surface area contributed by atoms with Gasteiger partial charge in [-0.3, -0.25) is 5.41 Å². The fourth-order valence-electron chi connectivity index (χ4n) is 0.834. The summed E-state index contributed by atoms with van der Waals surface area (Å²) in [6, 6.07) is 5.26. The maximum atomic E-state index is 7.18. The Bertz CT molecular complexity index is 312. The highest BCUT2D eigenvalue weighted by Gasteiger charge is 2.02. The number of benzene rings is 1. The van der Waals surface area contributed by atoms with Crippen LogP contribution in [-0.4, -0.2) is 12.9 Å². The van der Waals surface area contributed by atoms with Gasteiger partial charge in [-0.15, -0.1) is 0 Å². The molecule has 0 spiro atoms. The van der Waals surface area contributed by atoms with Gasteiger partial charge in [-0.2, -0.15) is 0 Å². The number of amidine groups is 1. The van der Waals surface area contributed by atoms with Gasteiger partial charge >= 0.3 is 0 Å². The summed E-state index contributed by atoms with van der Waals surface area (Å²) in [4.78, 5) is 0. The van der Waals surface area contributed by atoms with E-state index in [-0.39, 0.29) is 5.84 Å². The molecular formula is C8H9BrN2O. The van der Waals surface area contributed by atoms with Crippen LogP contribution in [0.25, 0.3) is 0 Å². The Balaban J connectivity index is 3.10. The van der Waals surface area contributed by atoms with Crippen LogP contribution in [0.3, 0.4) is 0 Å². The lowest BCUT2D eigenvalue weighted by molar-refractivity contribution is 0.412. The summed E-state index contributed by atoms with van der Waals surface area (Å²) in [6.07, 6.45) is 0. The molecule has 3 nitrogen and oxygen atoms in total. The molecule has 0 aliphatic heterocycles. The van der Waals surface area contributed by atoms with Gasteiger partial charge in [-0.1, -0.05) is 0 Å². The molecule has 1 aromatic rings. The minimum absolute atomic E-state index is 0.0540. The molecule has 0 amide bonds. The monoisotopic (exact) mass is 228 g/mol. The SMILES string of the molecule is COc1ccc(C(=N)N)cc1Br. The molecule has 0 saturated heterocycles. The van der Waals surface area contributed by atoms with Crippen molar-refractivity contribution >= 4 is 21.8 Å². The summed E-state index contributed by atoms with van der Waals surface area (Å²) in [6.45, 7) is 0. The molecule has 0 aliphatic rings. The highest BCUT2D eigenvalue weighted by molar-refractivity contribution is 9.10. The molecular weight excluding hydrogens is 220 g/mol. The van der Waals surface area contributed by atoms with Crippen molar-refractivity contribution in [2.24, 2.45) is 5.73 Å². The Morgan fingerprint density at radius 2 is 2.25 bits per heavy atom. The molecule has 64 valence electrons. The Labute approximate surface area is 79.2 Å². The third-order valence-electron chi connectivity index (χ3n) is 1.46. The zero-order valence-electron chi connectivity index (χ0n) is 6.60. The number of nitrogen functional groups attached to an aromatic ring is 1. The Hall–Kier alpha value is -1.03. The molecule has 0 aliphatic carbocycles. The summed E-state index contributed by atoms with van der Waals surface area (Å²) in [7, 11) is 1.59. The van der Waals surface area contributed by atoms with Gasteiger partial charge in [0, 0.05) is 5.56 Å². The van der Waals surface area contributed by atoms with Crippen LogP contribution in [0.15, 0.2) is 22.7 Å². The van der Waals surface area contributed by atoms with Crippen LogP contribution in [0, 0.1) is 5.41 Å². The van der Waals surface area contributed by atoms with Gasteiger partial charge in [0.25, 0.3) is 0 Å². The third kappa shape index (κ3) is 1.76. The van der Waals surface area contributed by atoms with Crippen molar-refractivity contribution in [3.63, 3.8) is 0 Å². The van der Waals surface area contributed by atoms with E-state index in [1.165, 1.54) is 0 Å². The van der Waals surface area contributed by atoms with Crippen molar-refractivity contribution in [2.75, 3.05) is 7.11 Å². The van der Waals surface area contributed by atoms with Gasteiger partial charge in [-0.05, 0) is 34.1 Å².